The molecule has 1 N–H and O–H groups in total. The topological polar surface area (TPSA) is 41.6 Å². The van der Waals surface area contributed by atoms with Crippen LogP contribution >= 0.6 is 0 Å². The van der Waals surface area contributed by atoms with Crippen LogP contribution in [0.15, 0.2) is 18.2 Å². The van der Waals surface area contributed by atoms with Gasteiger partial charge in [-0.15, -0.1) is 0 Å². The van der Waals surface area contributed by atoms with Crippen molar-refractivity contribution >= 4 is 17.5 Å². The van der Waals surface area contributed by atoms with Crippen molar-refractivity contribution in [1.82, 2.24) is 0 Å². The van der Waals surface area contributed by atoms with Crippen LogP contribution in [0.3, 0.4) is 0 Å². The molecule has 4 nitrogen and oxygen atoms in total. The molecule has 2 aliphatic rings. The number of nitrogens with zero attached hydrogens (tertiary/aromatic N) is 1. The molecule has 4 heteroatoms. The molecule has 23 heavy (non-hydrogen) atoms. The lowest BCUT2D eigenvalue weighted by atomic mass is 10.1. The predicted molar refractivity (Wildman–Crippen MR) is 94.1 cm³/mol. The lowest BCUT2D eigenvalue weighted by Crippen LogP contribution is -2.26. The summed E-state index contributed by atoms with van der Waals surface area (Å²) in [5.41, 5.74) is 3.11. The molecule has 1 amide bonds. The molecule has 2 fully saturated rings. The highest BCUT2D eigenvalue weighted by molar-refractivity contribution is 5.86. The fourth-order valence-electron chi connectivity index (χ4n) is 3.26. The lowest BCUT2D eigenvalue weighted by Gasteiger charge is -2.22. The van der Waals surface area contributed by atoms with E-state index in [0.29, 0.717) is 11.8 Å². The smallest absolute Gasteiger partial charge is 0.411 e. The molecule has 0 unspecified atom stereocenters. The van der Waals surface area contributed by atoms with Gasteiger partial charge in [0, 0.05) is 24.5 Å². The molecule has 3 rings (SSSR count). The second-order valence-electron chi connectivity index (χ2n) is 6.84. The van der Waals surface area contributed by atoms with E-state index in [1.807, 2.05) is 13.0 Å². The van der Waals surface area contributed by atoms with Crippen LogP contribution in [0.25, 0.3) is 0 Å². The van der Waals surface area contributed by atoms with E-state index in [1.54, 1.807) is 0 Å². The molecule has 0 saturated heterocycles. The molecule has 0 spiro atoms. The molecule has 0 aliphatic heterocycles. The Bertz CT molecular complexity index is 548. The number of hydrogen-bond acceptors (Lipinski definition) is 3. The molecule has 1 aromatic rings. The Hall–Kier alpha value is -1.71. The molecule has 126 valence electrons. The molecule has 0 atom stereocenters. The van der Waals surface area contributed by atoms with Gasteiger partial charge in [0.15, 0.2) is 0 Å². The summed E-state index contributed by atoms with van der Waals surface area (Å²) in [6.45, 7) is 8.29. The third-order valence-corrected chi connectivity index (χ3v) is 4.99. The Balaban J connectivity index is 1.61. The number of rotatable bonds is 7. The second kappa shape index (κ2) is 6.81. The first-order chi connectivity index (χ1) is 11.1. The molecule has 2 saturated carbocycles. The van der Waals surface area contributed by atoms with Crippen molar-refractivity contribution in [3.05, 3.63) is 23.8 Å². The van der Waals surface area contributed by atoms with Crippen molar-refractivity contribution in [2.24, 2.45) is 11.8 Å². The van der Waals surface area contributed by atoms with Crippen LogP contribution < -0.4 is 10.2 Å². The SMILES string of the molecule is CCN(CC)c1ccc(NC(=O)OC(C2CC2)C2CC2)c(C)c1. The average molecular weight is 316 g/mol. The summed E-state index contributed by atoms with van der Waals surface area (Å²) in [7, 11) is 0. The second-order valence-corrected chi connectivity index (χ2v) is 6.84. The predicted octanol–water partition coefficient (Wildman–Crippen LogP) is 4.58. The minimum atomic E-state index is -0.299. The number of nitrogens with one attached hydrogen (secondary N) is 1. The first-order valence-corrected chi connectivity index (χ1v) is 8.95. The van der Waals surface area contributed by atoms with Crippen molar-refractivity contribution in [2.45, 2.75) is 52.6 Å². The maximum absolute atomic E-state index is 12.2. The number of hydrogen-bond donors (Lipinski definition) is 1. The number of aryl methyl sites for hydroxylation is 1. The van der Waals surface area contributed by atoms with Crippen LogP contribution in [-0.4, -0.2) is 25.3 Å². The van der Waals surface area contributed by atoms with Gasteiger partial charge in [-0.1, -0.05) is 0 Å². The van der Waals surface area contributed by atoms with Crippen LogP contribution in [0.1, 0.15) is 45.1 Å². The number of carbonyl (C=O) groups is 1. The summed E-state index contributed by atoms with van der Waals surface area (Å²) in [6.07, 6.45) is 4.70. The zero-order valence-corrected chi connectivity index (χ0v) is 14.5. The lowest BCUT2D eigenvalue weighted by molar-refractivity contribution is 0.0835. The first kappa shape index (κ1) is 16.2. The van der Waals surface area contributed by atoms with Crippen LogP contribution in [0.5, 0.6) is 0 Å². The van der Waals surface area contributed by atoms with Crippen molar-refractivity contribution in [3.63, 3.8) is 0 Å². The van der Waals surface area contributed by atoms with Gasteiger partial charge in [0.2, 0.25) is 0 Å². The highest BCUT2D eigenvalue weighted by Gasteiger charge is 2.44. The van der Waals surface area contributed by atoms with Gasteiger partial charge < -0.3 is 9.64 Å². The number of anilines is 2. The number of amides is 1. The minimum absolute atomic E-state index is 0.144. The van der Waals surface area contributed by atoms with Gasteiger partial charge in [0.1, 0.15) is 6.10 Å². The molecular weight excluding hydrogens is 288 g/mol. The number of carbonyl (C=O) groups excluding carboxylic acids is 1. The summed E-state index contributed by atoms with van der Waals surface area (Å²) in [6, 6.07) is 6.17. The standard InChI is InChI=1S/C19H28N2O2/c1-4-21(5-2)16-10-11-17(13(3)12-16)20-19(22)23-18(14-6-7-14)15-8-9-15/h10-12,14-15,18H,4-9H2,1-3H3,(H,20,22). The summed E-state index contributed by atoms with van der Waals surface area (Å²) < 4.78 is 5.72. The number of ether oxygens (including phenoxy) is 1. The molecule has 2 aliphatic carbocycles. The Morgan fingerprint density at radius 1 is 1.22 bits per heavy atom. The van der Waals surface area contributed by atoms with E-state index in [1.165, 1.54) is 31.4 Å². The Morgan fingerprint density at radius 3 is 2.30 bits per heavy atom. The van der Waals surface area contributed by atoms with Crippen molar-refractivity contribution in [3.8, 4) is 0 Å². The van der Waals surface area contributed by atoms with E-state index in [2.05, 4.69) is 36.2 Å². The van der Waals surface area contributed by atoms with Gasteiger partial charge in [-0.3, -0.25) is 5.32 Å². The maximum atomic E-state index is 12.2. The largest absolute Gasteiger partial charge is 0.445 e. The zero-order chi connectivity index (χ0) is 16.4. The maximum Gasteiger partial charge on any atom is 0.411 e. The highest BCUT2D eigenvalue weighted by atomic mass is 16.6. The van der Waals surface area contributed by atoms with Gasteiger partial charge in [0.05, 0.1) is 0 Å². The normalized spacial score (nSPS) is 17.2. The van der Waals surface area contributed by atoms with Gasteiger partial charge >= 0.3 is 6.09 Å². The molecule has 0 aromatic heterocycles. The molecular formula is C19H28N2O2. The highest BCUT2D eigenvalue weighted by Crippen LogP contribution is 2.46. The van der Waals surface area contributed by atoms with E-state index in [4.69, 9.17) is 4.74 Å². The van der Waals surface area contributed by atoms with Crippen LogP contribution in [-0.2, 0) is 4.74 Å². The summed E-state index contributed by atoms with van der Waals surface area (Å²) in [5.74, 6) is 1.22. The zero-order valence-electron chi connectivity index (χ0n) is 14.5. The summed E-state index contributed by atoms with van der Waals surface area (Å²) in [5, 5.41) is 2.93. The van der Waals surface area contributed by atoms with Crippen LogP contribution in [0.4, 0.5) is 16.2 Å². The Labute approximate surface area is 139 Å². The van der Waals surface area contributed by atoms with Gasteiger partial charge in [0.25, 0.3) is 0 Å². The average Bonchev–Trinajstić information content (AvgIpc) is 3.41. The third kappa shape index (κ3) is 3.98. The molecule has 1 aromatic carbocycles. The summed E-state index contributed by atoms with van der Waals surface area (Å²) in [4.78, 5) is 14.5. The van der Waals surface area contributed by atoms with E-state index in [-0.39, 0.29) is 12.2 Å². The van der Waals surface area contributed by atoms with E-state index < -0.39 is 0 Å². The van der Waals surface area contributed by atoms with E-state index >= 15 is 0 Å². The Kier molecular flexibility index (Phi) is 4.79. The van der Waals surface area contributed by atoms with Gasteiger partial charge in [-0.05, 0) is 82.1 Å². The van der Waals surface area contributed by atoms with Crippen molar-refractivity contribution in [2.75, 3.05) is 23.3 Å². The quantitative estimate of drug-likeness (QED) is 0.800. The fraction of sp³-hybridized carbons (Fsp3) is 0.632. The summed E-state index contributed by atoms with van der Waals surface area (Å²) >= 11 is 0. The minimum Gasteiger partial charge on any atom is -0.445 e. The molecule has 0 heterocycles. The van der Waals surface area contributed by atoms with Crippen LogP contribution in [0, 0.1) is 18.8 Å². The molecule has 0 radical (unpaired) electrons. The Morgan fingerprint density at radius 2 is 1.83 bits per heavy atom. The van der Waals surface area contributed by atoms with Crippen LogP contribution in [0.2, 0.25) is 0 Å². The first-order valence-electron chi connectivity index (χ1n) is 8.95. The van der Waals surface area contributed by atoms with Gasteiger partial charge in [-0.25, -0.2) is 4.79 Å². The third-order valence-electron chi connectivity index (χ3n) is 4.99. The number of benzene rings is 1. The van der Waals surface area contributed by atoms with Crippen molar-refractivity contribution < 1.29 is 9.53 Å². The fourth-order valence-corrected chi connectivity index (χ4v) is 3.26. The van der Waals surface area contributed by atoms with Crippen molar-refractivity contribution in [1.29, 1.82) is 0 Å². The van der Waals surface area contributed by atoms with E-state index in [9.17, 15) is 4.79 Å². The molecule has 0 bridgehead atoms. The monoisotopic (exact) mass is 316 g/mol. The van der Waals surface area contributed by atoms with Gasteiger partial charge in [-0.2, -0.15) is 0 Å². The van der Waals surface area contributed by atoms with E-state index in [0.717, 1.165) is 24.3 Å².